The van der Waals surface area contributed by atoms with Crippen molar-refractivity contribution in [2.24, 2.45) is 0 Å². The molecule has 0 saturated carbocycles. The van der Waals surface area contributed by atoms with E-state index < -0.39 is 11.2 Å². The highest BCUT2D eigenvalue weighted by Gasteiger charge is 2.13. The molecule has 0 radical (unpaired) electrons. The van der Waals surface area contributed by atoms with Crippen molar-refractivity contribution >= 4 is 18.6 Å². The first kappa shape index (κ1) is 9.06. The molecule has 0 spiro atoms. The minimum atomic E-state index is -1.04. The fraction of sp³-hybridized carbons (Fsp3) is 0.125. The van der Waals surface area contributed by atoms with Crippen LogP contribution in [-0.4, -0.2) is 11.1 Å². The van der Waals surface area contributed by atoms with Crippen LogP contribution in [0.4, 0.5) is 4.39 Å². The predicted octanol–water partition coefficient (Wildman–Crippen LogP) is 1.88. The van der Waals surface area contributed by atoms with E-state index in [4.69, 9.17) is 5.11 Å². The summed E-state index contributed by atoms with van der Waals surface area (Å²) in [5.41, 5.74) is 0.479. The summed E-state index contributed by atoms with van der Waals surface area (Å²) in [6.07, 6.45) is 0. The molecule has 0 fully saturated rings. The molecular formula is C8H7FO2S. The molecule has 1 aromatic rings. The van der Waals surface area contributed by atoms with Crippen molar-refractivity contribution in [3.63, 3.8) is 0 Å². The molecule has 0 saturated heterocycles. The average molecular weight is 186 g/mol. The summed E-state index contributed by atoms with van der Waals surface area (Å²) in [6.45, 7) is 0. The maximum atomic E-state index is 12.4. The van der Waals surface area contributed by atoms with E-state index in [0.29, 0.717) is 5.56 Å². The third-order valence-electron chi connectivity index (χ3n) is 1.42. The van der Waals surface area contributed by atoms with Crippen molar-refractivity contribution in [3.05, 3.63) is 35.6 Å². The van der Waals surface area contributed by atoms with Crippen LogP contribution >= 0.6 is 12.6 Å². The van der Waals surface area contributed by atoms with Crippen LogP contribution in [0.15, 0.2) is 24.3 Å². The van der Waals surface area contributed by atoms with Crippen molar-refractivity contribution in [3.8, 4) is 0 Å². The summed E-state index contributed by atoms with van der Waals surface area (Å²) in [4.78, 5) is 10.4. The van der Waals surface area contributed by atoms with Gasteiger partial charge in [0, 0.05) is 0 Å². The van der Waals surface area contributed by atoms with E-state index in [-0.39, 0.29) is 5.82 Å². The second-order valence-corrected chi connectivity index (χ2v) is 2.81. The topological polar surface area (TPSA) is 37.3 Å². The SMILES string of the molecule is O=C(O)C(S)c1ccc(F)cc1. The third kappa shape index (κ3) is 1.98. The maximum Gasteiger partial charge on any atom is 0.320 e. The lowest BCUT2D eigenvalue weighted by atomic mass is 10.1. The molecule has 0 heterocycles. The smallest absolute Gasteiger partial charge is 0.320 e. The van der Waals surface area contributed by atoms with Gasteiger partial charge in [-0.3, -0.25) is 4.79 Å². The van der Waals surface area contributed by atoms with E-state index in [1.807, 2.05) is 0 Å². The van der Waals surface area contributed by atoms with Crippen molar-refractivity contribution < 1.29 is 14.3 Å². The molecule has 0 aromatic heterocycles. The Bertz CT molecular complexity index is 284. The predicted molar refractivity (Wildman–Crippen MR) is 45.8 cm³/mol. The summed E-state index contributed by atoms with van der Waals surface area (Å²) < 4.78 is 12.4. The molecule has 0 aliphatic carbocycles. The van der Waals surface area contributed by atoms with E-state index >= 15 is 0 Å². The molecular weight excluding hydrogens is 179 g/mol. The number of aliphatic carboxylic acids is 1. The minimum Gasteiger partial charge on any atom is -0.480 e. The summed E-state index contributed by atoms with van der Waals surface area (Å²) in [5.74, 6) is -1.42. The first-order valence-corrected chi connectivity index (χ1v) is 3.79. The highest BCUT2D eigenvalue weighted by atomic mass is 32.1. The largest absolute Gasteiger partial charge is 0.480 e. The first-order chi connectivity index (χ1) is 5.61. The van der Waals surface area contributed by atoms with Gasteiger partial charge in [-0.25, -0.2) is 4.39 Å². The van der Waals surface area contributed by atoms with Crippen LogP contribution in [0.1, 0.15) is 10.8 Å². The number of hydrogen-bond acceptors (Lipinski definition) is 2. The Morgan fingerprint density at radius 2 is 1.92 bits per heavy atom. The lowest BCUT2D eigenvalue weighted by Crippen LogP contribution is -2.04. The van der Waals surface area contributed by atoms with Gasteiger partial charge in [0.1, 0.15) is 11.1 Å². The van der Waals surface area contributed by atoms with E-state index in [9.17, 15) is 9.18 Å². The van der Waals surface area contributed by atoms with Crippen molar-refractivity contribution in [1.29, 1.82) is 0 Å². The second-order valence-electron chi connectivity index (χ2n) is 2.29. The number of benzene rings is 1. The van der Waals surface area contributed by atoms with Crippen LogP contribution in [0.25, 0.3) is 0 Å². The highest BCUT2D eigenvalue weighted by Crippen LogP contribution is 2.19. The Balaban J connectivity index is 2.89. The molecule has 1 rings (SSSR count). The Kier molecular flexibility index (Phi) is 2.70. The van der Waals surface area contributed by atoms with E-state index in [1.54, 1.807) is 0 Å². The van der Waals surface area contributed by atoms with Gasteiger partial charge in [0.25, 0.3) is 0 Å². The zero-order valence-electron chi connectivity index (χ0n) is 6.07. The van der Waals surface area contributed by atoms with E-state index in [2.05, 4.69) is 12.6 Å². The Morgan fingerprint density at radius 1 is 1.42 bits per heavy atom. The number of carboxylic acids is 1. The van der Waals surface area contributed by atoms with Gasteiger partial charge >= 0.3 is 5.97 Å². The first-order valence-electron chi connectivity index (χ1n) is 3.27. The Labute approximate surface area is 74.4 Å². The van der Waals surface area contributed by atoms with Crippen molar-refractivity contribution in [2.75, 3.05) is 0 Å². The van der Waals surface area contributed by atoms with Gasteiger partial charge in [-0.1, -0.05) is 12.1 Å². The number of halogens is 1. The lowest BCUT2D eigenvalue weighted by molar-refractivity contribution is -0.136. The van der Waals surface area contributed by atoms with E-state index in [1.165, 1.54) is 24.3 Å². The molecule has 0 amide bonds. The van der Waals surface area contributed by atoms with Crippen LogP contribution in [0.5, 0.6) is 0 Å². The Morgan fingerprint density at radius 3 is 2.33 bits per heavy atom. The number of carboxylic acid groups (broad SMARTS) is 1. The molecule has 1 unspecified atom stereocenters. The summed E-state index contributed by atoms with van der Waals surface area (Å²) in [6, 6.07) is 5.23. The fourth-order valence-corrected chi connectivity index (χ4v) is 0.960. The average Bonchev–Trinajstić information content (AvgIpc) is 2.04. The van der Waals surface area contributed by atoms with Gasteiger partial charge in [-0.2, -0.15) is 12.6 Å². The minimum absolute atomic E-state index is 0.385. The number of rotatable bonds is 2. The maximum absolute atomic E-state index is 12.4. The van der Waals surface area contributed by atoms with Crippen LogP contribution < -0.4 is 0 Å². The zero-order valence-corrected chi connectivity index (χ0v) is 6.96. The summed E-state index contributed by atoms with van der Waals surface area (Å²) in [5, 5.41) is 7.65. The summed E-state index contributed by atoms with van der Waals surface area (Å²) >= 11 is 3.83. The molecule has 64 valence electrons. The number of hydrogen-bond donors (Lipinski definition) is 2. The highest BCUT2D eigenvalue weighted by molar-refractivity contribution is 7.81. The van der Waals surface area contributed by atoms with Crippen LogP contribution in [-0.2, 0) is 4.79 Å². The van der Waals surface area contributed by atoms with Crippen LogP contribution in [0, 0.1) is 5.82 Å². The lowest BCUT2D eigenvalue weighted by Gasteiger charge is -2.04. The van der Waals surface area contributed by atoms with Gasteiger partial charge in [0.05, 0.1) is 0 Å². The van der Waals surface area contributed by atoms with Crippen LogP contribution in [0.3, 0.4) is 0 Å². The summed E-state index contributed by atoms with van der Waals surface area (Å²) in [7, 11) is 0. The standard InChI is InChI=1S/C8H7FO2S/c9-6-3-1-5(2-4-6)7(12)8(10)11/h1-4,7,12H,(H,10,11). The molecule has 1 aromatic carbocycles. The van der Waals surface area contributed by atoms with Gasteiger partial charge in [-0.05, 0) is 17.7 Å². The van der Waals surface area contributed by atoms with Crippen LogP contribution in [0.2, 0.25) is 0 Å². The fourth-order valence-electron chi connectivity index (χ4n) is 0.788. The molecule has 4 heteroatoms. The molecule has 0 aliphatic heterocycles. The zero-order chi connectivity index (χ0) is 9.14. The molecule has 1 N–H and O–H groups in total. The third-order valence-corrected chi connectivity index (χ3v) is 1.94. The number of thiol groups is 1. The molecule has 1 atom stereocenters. The van der Waals surface area contributed by atoms with Gasteiger partial charge in [-0.15, -0.1) is 0 Å². The molecule has 0 aliphatic rings. The number of carbonyl (C=O) groups is 1. The van der Waals surface area contributed by atoms with Crippen molar-refractivity contribution in [1.82, 2.24) is 0 Å². The van der Waals surface area contributed by atoms with Gasteiger partial charge in [0.2, 0.25) is 0 Å². The Hall–Kier alpha value is -1.03. The molecule has 0 bridgehead atoms. The molecule has 2 nitrogen and oxygen atoms in total. The monoisotopic (exact) mass is 186 g/mol. The van der Waals surface area contributed by atoms with Gasteiger partial charge < -0.3 is 5.11 Å². The second kappa shape index (κ2) is 3.58. The normalized spacial score (nSPS) is 12.5. The van der Waals surface area contributed by atoms with Gasteiger partial charge in [0.15, 0.2) is 0 Å². The van der Waals surface area contributed by atoms with Crippen molar-refractivity contribution in [2.45, 2.75) is 5.25 Å². The van der Waals surface area contributed by atoms with E-state index in [0.717, 1.165) is 0 Å². The molecule has 12 heavy (non-hydrogen) atoms. The quantitative estimate of drug-likeness (QED) is 0.692.